The van der Waals surface area contributed by atoms with Gasteiger partial charge in [0.05, 0.1) is 11.4 Å². The van der Waals surface area contributed by atoms with E-state index in [4.69, 9.17) is 22.1 Å². The Bertz CT molecular complexity index is 1380. The van der Waals surface area contributed by atoms with Crippen LogP contribution in [0.3, 0.4) is 0 Å². The van der Waals surface area contributed by atoms with E-state index in [1.165, 1.54) is 0 Å². The molecule has 2 N–H and O–H groups in total. The molecule has 29 heavy (non-hydrogen) atoms. The molecule has 0 aliphatic carbocycles. The molecule has 5 rings (SSSR count). The van der Waals surface area contributed by atoms with Gasteiger partial charge in [0.1, 0.15) is 22.5 Å². The van der Waals surface area contributed by atoms with Gasteiger partial charge in [0.2, 0.25) is 5.88 Å². The summed E-state index contributed by atoms with van der Waals surface area (Å²) >= 11 is 6.65. The summed E-state index contributed by atoms with van der Waals surface area (Å²) in [6, 6.07) is 22.1. The number of allylic oxidation sites excluding steroid dienone is 1. The van der Waals surface area contributed by atoms with Crippen LogP contribution in [0, 0.1) is 18.3 Å². The van der Waals surface area contributed by atoms with E-state index in [2.05, 4.69) is 11.1 Å². The van der Waals surface area contributed by atoms with Gasteiger partial charge in [-0.1, -0.05) is 54.1 Å². The predicted octanol–water partition coefficient (Wildman–Crippen LogP) is 5.57. The van der Waals surface area contributed by atoms with E-state index in [-0.39, 0.29) is 5.88 Å². The maximum atomic E-state index is 9.90. The number of rotatable bonds is 1. The minimum Gasteiger partial charge on any atom is -0.440 e. The van der Waals surface area contributed by atoms with E-state index in [0.29, 0.717) is 16.5 Å². The molecule has 4 nitrogen and oxygen atoms in total. The fourth-order valence-electron chi connectivity index (χ4n) is 4.03. The average Bonchev–Trinajstić information content (AvgIpc) is 2.72. The molecule has 1 atom stereocenters. The normalized spacial score (nSPS) is 15.8. The zero-order chi connectivity index (χ0) is 20.1. The lowest BCUT2D eigenvalue weighted by Crippen LogP contribution is -2.21. The Kier molecular flexibility index (Phi) is 3.94. The molecule has 0 spiro atoms. The van der Waals surface area contributed by atoms with Gasteiger partial charge in [-0.25, -0.2) is 4.98 Å². The van der Waals surface area contributed by atoms with Crippen molar-refractivity contribution in [3.8, 4) is 11.8 Å². The highest BCUT2D eigenvalue weighted by molar-refractivity contribution is 6.30. The first kappa shape index (κ1) is 17.5. The van der Waals surface area contributed by atoms with E-state index in [9.17, 15) is 5.26 Å². The number of nitrogens with zero attached hydrogens (tertiary/aromatic N) is 2. The van der Waals surface area contributed by atoms with Crippen molar-refractivity contribution < 1.29 is 4.74 Å². The van der Waals surface area contributed by atoms with Crippen molar-refractivity contribution in [2.45, 2.75) is 12.8 Å². The topological polar surface area (TPSA) is 71.9 Å². The summed E-state index contributed by atoms with van der Waals surface area (Å²) in [5.74, 6) is 0.270. The number of nitrogens with two attached hydrogens (primary N) is 1. The van der Waals surface area contributed by atoms with Crippen LogP contribution in [0.4, 0.5) is 0 Å². The summed E-state index contributed by atoms with van der Waals surface area (Å²) in [5, 5.41) is 13.3. The van der Waals surface area contributed by atoms with Gasteiger partial charge >= 0.3 is 0 Å². The Labute approximate surface area is 172 Å². The highest BCUT2D eigenvalue weighted by Crippen LogP contribution is 2.47. The standard InChI is InChI=1S/C24H16ClN3O/c1-13-6-7-15-11-17(23(25)28-19(15)10-13)21-18(12-26)24(27)29-20-9-8-14-4-2-3-5-16(14)22(20)21/h2-11,21H,27H2,1H3/t21-/m0/s1. The molecule has 0 saturated carbocycles. The number of benzene rings is 3. The number of aromatic nitrogens is 1. The molecule has 1 aliphatic rings. The Balaban J connectivity index is 1.86. The van der Waals surface area contributed by atoms with Crippen molar-refractivity contribution >= 4 is 33.3 Å². The molecule has 140 valence electrons. The fourth-order valence-corrected chi connectivity index (χ4v) is 4.28. The van der Waals surface area contributed by atoms with Crippen LogP contribution in [0.5, 0.6) is 5.75 Å². The maximum Gasteiger partial charge on any atom is 0.205 e. The Morgan fingerprint density at radius 1 is 1.07 bits per heavy atom. The van der Waals surface area contributed by atoms with Crippen molar-refractivity contribution in [3.05, 3.63) is 94.0 Å². The van der Waals surface area contributed by atoms with Crippen LogP contribution in [-0.4, -0.2) is 4.98 Å². The summed E-state index contributed by atoms with van der Waals surface area (Å²) < 4.78 is 5.81. The van der Waals surface area contributed by atoms with E-state index >= 15 is 0 Å². The molecule has 0 amide bonds. The van der Waals surface area contributed by atoms with Gasteiger partial charge in [-0.05, 0) is 41.5 Å². The minimum absolute atomic E-state index is 0.0975. The van der Waals surface area contributed by atoms with Gasteiger partial charge in [0.15, 0.2) is 0 Å². The highest BCUT2D eigenvalue weighted by atomic mass is 35.5. The van der Waals surface area contributed by atoms with Crippen LogP contribution in [0.2, 0.25) is 5.15 Å². The van der Waals surface area contributed by atoms with Crippen molar-refractivity contribution in [2.75, 3.05) is 0 Å². The lowest BCUT2D eigenvalue weighted by Gasteiger charge is -2.28. The summed E-state index contributed by atoms with van der Waals surface area (Å²) in [6.07, 6.45) is 0. The van der Waals surface area contributed by atoms with E-state index in [1.807, 2.05) is 67.6 Å². The van der Waals surface area contributed by atoms with Crippen molar-refractivity contribution in [1.29, 1.82) is 5.26 Å². The molecule has 1 aliphatic heterocycles. The summed E-state index contributed by atoms with van der Waals surface area (Å²) in [4.78, 5) is 4.61. The molecule has 0 bridgehead atoms. The smallest absolute Gasteiger partial charge is 0.205 e. The van der Waals surface area contributed by atoms with Gasteiger partial charge in [-0.3, -0.25) is 0 Å². The van der Waals surface area contributed by atoms with E-state index in [1.54, 1.807) is 0 Å². The summed E-state index contributed by atoms with van der Waals surface area (Å²) in [6.45, 7) is 2.01. The second-order valence-electron chi connectivity index (χ2n) is 7.19. The molecule has 3 aromatic carbocycles. The first-order valence-corrected chi connectivity index (χ1v) is 9.60. The number of pyridine rings is 1. The van der Waals surface area contributed by atoms with E-state index in [0.717, 1.165) is 38.4 Å². The zero-order valence-corrected chi connectivity index (χ0v) is 16.4. The van der Waals surface area contributed by atoms with Crippen LogP contribution in [0.1, 0.15) is 22.6 Å². The zero-order valence-electron chi connectivity index (χ0n) is 15.6. The summed E-state index contributed by atoms with van der Waals surface area (Å²) in [5.41, 5.74) is 10.0. The van der Waals surface area contributed by atoms with Gasteiger partial charge in [0.25, 0.3) is 0 Å². The molecular formula is C24H16ClN3O. The number of halogens is 1. The fraction of sp³-hybridized carbons (Fsp3) is 0.0833. The number of aryl methyl sites for hydroxylation is 1. The Hall–Kier alpha value is -3.55. The highest BCUT2D eigenvalue weighted by Gasteiger charge is 2.34. The van der Waals surface area contributed by atoms with Crippen LogP contribution >= 0.6 is 11.6 Å². The molecule has 0 radical (unpaired) electrons. The second-order valence-corrected chi connectivity index (χ2v) is 7.55. The number of hydrogen-bond acceptors (Lipinski definition) is 4. The third-order valence-electron chi connectivity index (χ3n) is 5.38. The molecular weight excluding hydrogens is 382 g/mol. The second kappa shape index (κ2) is 6.51. The van der Waals surface area contributed by atoms with Crippen LogP contribution in [0.25, 0.3) is 21.7 Å². The maximum absolute atomic E-state index is 9.90. The SMILES string of the molecule is Cc1ccc2cc([C@H]3C(C#N)=C(N)Oc4ccc5ccccc5c43)c(Cl)nc2c1. The first-order chi connectivity index (χ1) is 14.1. The number of nitriles is 1. The minimum atomic E-state index is -0.458. The monoisotopic (exact) mass is 397 g/mol. The largest absolute Gasteiger partial charge is 0.440 e. The Morgan fingerprint density at radius 2 is 1.86 bits per heavy atom. The van der Waals surface area contributed by atoms with Crippen molar-refractivity contribution in [2.24, 2.45) is 5.73 Å². The number of fused-ring (bicyclic) bond motifs is 4. The number of ether oxygens (including phenoxy) is 1. The predicted molar refractivity (Wildman–Crippen MR) is 115 cm³/mol. The molecule has 0 saturated heterocycles. The first-order valence-electron chi connectivity index (χ1n) is 9.23. The van der Waals surface area contributed by atoms with E-state index < -0.39 is 5.92 Å². The molecule has 0 fully saturated rings. The lowest BCUT2D eigenvalue weighted by atomic mass is 9.81. The molecule has 1 aromatic heterocycles. The molecule has 0 unspecified atom stereocenters. The van der Waals surface area contributed by atoms with Crippen LogP contribution in [0.15, 0.2) is 72.1 Å². The van der Waals surface area contributed by atoms with Crippen LogP contribution in [-0.2, 0) is 0 Å². The third kappa shape index (κ3) is 2.71. The van der Waals surface area contributed by atoms with Gasteiger partial charge in [0, 0.05) is 16.5 Å². The molecule has 5 heteroatoms. The summed E-state index contributed by atoms with van der Waals surface area (Å²) in [7, 11) is 0. The lowest BCUT2D eigenvalue weighted by molar-refractivity contribution is 0.395. The van der Waals surface area contributed by atoms with Gasteiger partial charge in [-0.2, -0.15) is 5.26 Å². The van der Waals surface area contributed by atoms with Crippen molar-refractivity contribution in [1.82, 2.24) is 4.98 Å². The third-order valence-corrected chi connectivity index (χ3v) is 5.68. The van der Waals surface area contributed by atoms with Crippen molar-refractivity contribution in [3.63, 3.8) is 0 Å². The molecule has 2 heterocycles. The van der Waals surface area contributed by atoms with Gasteiger partial charge < -0.3 is 10.5 Å². The number of hydrogen-bond donors (Lipinski definition) is 1. The average molecular weight is 398 g/mol. The van der Waals surface area contributed by atoms with Gasteiger partial charge in [-0.15, -0.1) is 0 Å². The molecule has 4 aromatic rings. The van der Waals surface area contributed by atoms with Crippen LogP contribution < -0.4 is 10.5 Å². The quantitative estimate of drug-likeness (QED) is 0.426. The Morgan fingerprint density at radius 3 is 2.69 bits per heavy atom.